The maximum Gasteiger partial charge on any atom is 0.195 e. The first kappa shape index (κ1) is 15.6. The monoisotopic (exact) mass is 294 g/mol. The number of nitrogens with zero attached hydrogens (tertiary/aromatic N) is 1. The van der Waals surface area contributed by atoms with Gasteiger partial charge in [-0.3, -0.25) is 5.43 Å². The normalized spacial score (nSPS) is 23.0. The van der Waals surface area contributed by atoms with Gasteiger partial charge < -0.3 is 10.4 Å². The summed E-state index contributed by atoms with van der Waals surface area (Å²) in [7, 11) is 0. The van der Waals surface area contributed by atoms with E-state index >= 15 is 0 Å². The molecule has 0 aromatic heterocycles. The Kier molecular flexibility index (Phi) is 4.68. The molecule has 1 aliphatic carbocycles. The molecule has 8 heteroatoms. The van der Waals surface area contributed by atoms with Crippen LogP contribution in [0.1, 0.15) is 20.3 Å². The van der Waals surface area contributed by atoms with Crippen LogP contribution in [0.15, 0.2) is 34.9 Å². The van der Waals surface area contributed by atoms with Crippen LogP contribution in [0.25, 0.3) is 0 Å². The minimum atomic E-state index is -1.20. The highest BCUT2D eigenvalue weighted by atomic mass is 16.8. The number of benzene rings is 1. The molecule has 0 fully saturated rings. The van der Waals surface area contributed by atoms with E-state index in [9.17, 15) is 15.6 Å². The van der Waals surface area contributed by atoms with Crippen molar-refractivity contribution < 1.29 is 20.9 Å². The Morgan fingerprint density at radius 3 is 2.52 bits per heavy atom. The van der Waals surface area contributed by atoms with Crippen LogP contribution in [0.5, 0.6) is 0 Å². The average molecular weight is 294 g/mol. The highest BCUT2D eigenvalue weighted by Crippen LogP contribution is 2.24. The minimum absolute atomic E-state index is 0.0732. The molecule has 114 valence electrons. The van der Waals surface area contributed by atoms with Crippen molar-refractivity contribution in [1.82, 2.24) is 0 Å². The quantitative estimate of drug-likeness (QED) is 0.510. The van der Waals surface area contributed by atoms with Gasteiger partial charge in [0.1, 0.15) is 5.69 Å². The molecule has 0 spiro atoms. The zero-order valence-corrected chi connectivity index (χ0v) is 11.8. The van der Waals surface area contributed by atoms with Gasteiger partial charge in [-0.25, -0.2) is 10.4 Å². The van der Waals surface area contributed by atoms with Crippen molar-refractivity contribution in [1.29, 1.82) is 0 Å². The van der Waals surface area contributed by atoms with Crippen molar-refractivity contribution >= 4 is 22.8 Å². The number of anilines is 1. The maximum atomic E-state index is 11.2. The average Bonchev–Trinajstić information content (AvgIpc) is 2.75. The lowest BCUT2D eigenvalue weighted by Crippen LogP contribution is -3.00. The molecule has 0 heterocycles. The fourth-order valence-electron chi connectivity index (χ4n) is 2.23. The summed E-state index contributed by atoms with van der Waals surface area (Å²) < 4.78 is 0. The number of hydrogen-bond acceptors (Lipinski definition) is 6. The lowest BCUT2D eigenvalue weighted by atomic mass is 10.1. The first-order chi connectivity index (χ1) is 9.90. The summed E-state index contributed by atoms with van der Waals surface area (Å²) in [5.74, 6) is 0.282. The first-order valence-corrected chi connectivity index (χ1v) is 6.51. The van der Waals surface area contributed by atoms with E-state index < -0.39 is 10.5 Å². The Labute approximate surface area is 121 Å². The number of hydrogen-bond donors (Lipinski definition) is 5. The highest BCUT2D eigenvalue weighted by molar-refractivity contribution is 6.03. The largest absolute Gasteiger partial charge is 0.595 e. The zero-order valence-electron chi connectivity index (χ0n) is 11.8. The fourth-order valence-corrected chi connectivity index (χ4v) is 2.23. The second-order valence-electron chi connectivity index (χ2n) is 5.00. The molecule has 0 amide bonds. The van der Waals surface area contributed by atoms with E-state index in [1.807, 2.05) is 13.8 Å². The Hall–Kier alpha value is -1.81. The molecule has 0 radical (unpaired) electrons. The molecular formula is C13H18N4O4. The molecule has 2 unspecified atom stereocenters. The summed E-state index contributed by atoms with van der Waals surface area (Å²) in [6, 6.07) is 3.88. The molecule has 1 aromatic carbocycles. The summed E-state index contributed by atoms with van der Waals surface area (Å²) in [6.45, 7) is 3.99. The van der Waals surface area contributed by atoms with Crippen LogP contribution in [0, 0.1) is 16.3 Å². The van der Waals surface area contributed by atoms with Gasteiger partial charge in [0.15, 0.2) is 11.4 Å². The van der Waals surface area contributed by atoms with E-state index in [-0.39, 0.29) is 23.0 Å². The third-order valence-corrected chi connectivity index (χ3v) is 3.44. The number of rotatable bonds is 4. The predicted octanol–water partition coefficient (Wildman–Crippen LogP) is 0.247. The number of quaternary nitrogens is 2. The van der Waals surface area contributed by atoms with Gasteiger partial charge in [0.05, 0.1) is 11.8 Å². The number of hydrazone groups is 1. The van der Waals surface area contributed by atoms with Gasteiger partial charge >= 0.3 is 0 Å². The summed E-state index contributed by atoms with van der Waals surface area (Å²) >= 11 is 0. The lowest BCUT2D eigenvalue weighted by molar-refractivity contribution is -0.996. The molecule has 21 heavy (non-hydrogen) atoms. The zero-order chi connectivity index (χ0) is 15.6. The van der Waals surface area contributed by atoms with Crippen LogP contribution in [0.2, 0.25) is 0 Å². The van der Waals surface area contributed by atoms with Crippen molar-refractivity contribution in [2.75, 3.05) is 5.43 Å². The fraction of sp³-hybridized carbons (Fsp3) is 0.308. The van der Waals surface area contributed by atoms with E-state index in [4.69, 9.17) is 5.21 Å². The number of nitrogens with one attached hydrogen (secondary N) is 3. The summed E-state index contributed by atoms with van der Waals surface area (Å²) in [6.07, 6.45) is 2.99. The van der Waals surface area contributed by atoms with Crippen molar-refractivity contribution in [3.63, 3.8) is 0 Å². The van der Waals surface area contributed by atoms with Crippen LogP contribution >= 0.6 is 0 Å². The summed E-state index contributed by atoms with van der Waals surface area (Å²) in [5, 5.41) is 42.1. The molecule has 0 aliphatic heterocycles. The van der Waals surface area contributed by atoms with Gasteiger partial charge in [-0.15, -0.1) is 0 Å². The Morgan fingerprint density at radius 1 is 1.29 bits per heavy atom. The standard InChI is InChI=1S/C13H18N4O4/c1-8-3-4-9(2)13(8)15-14-11-6-5-10(16(18)19)7-12(11)17(20)21/h3,5-7,9,14,16-18,20H,4H2,1-2H3/t9-/m1/s1. The third kappa shape index (κ3) is 3.45. The van der Waals surface area contributed by atoms with Crippen LogP contribution in [0.3, 0.4) is 0 Å². The van der Waals surface area contributed by atoms with Crippen molar-refractivity contribution in [3.8, 4) is 0 Å². The Bertz CT molecular complexity index is 584. The summed E-state index contributed by atoms with van der Waals surface area (Å²) in [4.78, 5) is 0. The second kappa shape index (κ2) is 6.31. The van der Waals surface area contributed by atoms with Gasteiger partial charge in [-0.1, -0.05) is 13.0 Å². The van der Waals surface area contributed by atoms with E-state index in [0.29, 0.717) is 0 Å². The SMILES string of the molecule is CC1=CC[C@@H](C)C1=NNc1ccc([NH+]([O-])O)cc1[NH+]([O-])O. The Morgan fingerprint density at radius 2 is 2.00 bits per heavy atom. The molecular weight excluding hydrogens is 276 g/mol. The van der Waals surface area contributed by atoms with Gasteiger partial charge in [0.2, 0.25) is 0 Å². The van der Waals surface area contributed by atoms with Crippen LogP contribution < -0.4 is 15.9 Å². The molecule has 8 nitrogen and oxygen atoms in total. The third-order valence-electron chi connectivity index (χ3n) is 3.44. The maximum absolute atomic E-state index is 11.2. The number of allylic oxidation sites excluding steroid dienone is 2. The van der Waals surface area contributed by atoms with Crippen molar-refractivity contribution in [3.05, 3.63) is 40.3 Å². The van der Waals surface area contributed by atoms with E-state index in [0.717, 1.165) is 23.8 Å². The second-order valence-corrected chi connectivity index (χ2v) is 5.00. The van der Waals surface area contributed by atoms with E-state index in [2.05, 4.69) is 16.6 Å². The van der Waals surface area contributed by atoms with E-state index in [1.54, 1.807) is 0 Å². The summed E-state index contributed by atoms with van der Waals surface area (Å²) in [5.41, 5.74) is 4.76. The van der Waals surface area contributed by atoms with Crippen LogP contribution in [-0.4, -0.2) is 16.1 Å². The predicted molar refractivity (Wildman–Crippen MR) is 76.6 cm³/mol. The lowest BCUT2D eigenvalue weighted by Gasteiger charge is -2.18. The molecule has 0 saturated heterocycles. The molecule has 1 aliphatic rings. The molecule has 5 N–H and O–H groups in total. The van der Waals surface area contributed by atoms with Crippen LogP contribution in [-0.2, 0) is 0 Å². The molecule has 1 aromatic rings. The minimum Gasteiger partial charge on any atom is -0.595 e. The van der Waals surface area contributed by atoms with Gasteiger partial charge in [-0.2, -0.15) is 15.6 Å². The van der Waals surface area contributed by atoms with E-state index in [1.165, 1.54) is 12.1 Å². The topological polar surface area (TPSA) is 120 Å². The van der Waals surface area contributed by atoms with Gasteiger partial charge in [0.25, 0.3) is 0 Å². The van der Waals surface area contributed by atoms with Crippen molar-refractivity contribution in [2.24, 2.45) is 11.0 Å². The molecule has 0 saturated carbocycles. The molecule has 0 bridgehead atoms. The van der Waals surface area contributed by atoms with Crippen molar-refractivity contribution in [2.45, 2.75) is 20.3 Å². The van der Waals surface area contributed by atoms with Crippen LogP contribution in [0.4, 0.5) is 17.1 Å². The van der Waals surface area contributed by atoms with Gasteiger partial charge in [0, 0.05) is 12.0 Å². The Balaban J connectivity index is 2.28. The smallest absolute Gasteiger partial charge is 0.195 e. The van der Waals surface area contributed by atoms with Gasteiger partial charge in [-0.05, 0) is 25.0 Å². The molecule has 2 rings (SSSR count). The highest BCUT2D eigenvalue weighted by Gasteiger charge is 2.19. The first-order valence-electron chi connectivity index (χ1n) is 6.51. The molecule has 3 atom stereocenters.